The van der Waals surface area contributed by atoms with Crippen molar-refractivity contribution < 1.29 is 14.3 Å². The Morgan fingerprint density at radius 2 is 1.93 bits per heavy atom. The second-order valence-corrected chi connectivity index (χ2v) is 6.75. The van der Waals surface area contributed by atoms with Crippen molar-refractivity contribution in [2.45, 2.75) is 12.8 Å². The van der Waals surface area contributed by atoms with Crippen LogP contribution in [-0.4, -0.2) is 43.2 Å². The molecule has 148 valence electrons. The number of ether oxygens (including phenoxy) is 1. The van der Waals surface area contributed by atoms with E-state index in [-0.39, 0.29) is 12.6 Å². The number of piperidine rings is 1. The highest BCUT2D eigenvalue weighted by Gasteiger charge is 2.20. The van der Waals surface area contributed by atoms with Gasteiger partial charge < -0.3 is 26.0 Å². The van der Waals surface area contributed by atoms with Gasteiger partial charge in [-0.1, -0.05) is 6.07 Å². The van der Waals surface area contributed by atoms with Crippen LogP contribution in [-0.2, 0) is 4.79 Å². The maximum absolute atomic E-state index is 12.2. The lowest BCUT2D eigenvalue weighted by Gasteiger charge is -2.33. The van der Waals surface area contributed by atoms with E-state index in [0.717, 1.165) is 25.9 Å². The van der Waals surface area contributed by atoms with E-state index in [2.05, 4.69) is 20.5 Å². The standard InChI is InChI=1S/C20H25N5O3/c21-19(26)14-28-18-3-1-2-16(12-18)24-20(27)23-13-15-6-10-25(11-7-15)17-4-8-22-9-5-17/h1-5,8-9,12,15H,6-7,10-11,13-14H2,(H2,21,26)(H2,23,24,27). The van der Waals surface area contributed by atoms with Crippen LogP contribution in [0.1, 0.15) is 12.8 Å². The Balaban J connectivity index is 1.40. The summed E-state index contributed by atoms with van der Waals surface area (Å²) in [5, 5.41) is 5.71. The number of urea groups is 1. The molecule has 0 radical (unpaired) electrons. The van der Waals surface area contributed by atoms with Gasteiger partial charge in [-0.05, 0) is 43.0 Å². The molecule has 0 unspecified atom stereocenters. The third-order valence-electron chi connectivity index (χ3n) is 4.67. The number of hydrogen-bond acceptors (Lipinski definition) is 5. The number of hydrogen-bond donors (Lipinski definition) is 3. The summed E-state index contributed by atoms with van der Waals surface area (Å²) in [5.41, 5.74) is 6.84. The summed E-state index contributed by atoms with van der Waals surface area (Å²) < 4.78 is 5.24. The fraction of sp³-hybridized carbons (Fsp3) is 0.350. The molecule has 1 aromatic heterocycles. The van der Waals surface area contributed by atoms with E-state index in [9.17, 15) is 9.59 Å². The number of primary amides is 1. The van der Waals surface area contributed by atoms with Gasteiger partial charge in [-0.25, -0.2) is 4.79 Å². The summed E-state index contributed by atoms with van der Waals surface area (Å²) in [7, 11) is 0. The SMILES string of the molecule is NC(=O)COc1cccc(NC(=O)NCC2CCN(c3ccncc3)CC2)c1. The lowest BCUT2D eigenvalue weighted by Crippen LogP contribution is -2.39. The summed E-state index contributed by atoms with van der Waals surface area (Å²) in [6.07, 6.45) is 5.67. The topological polar surface area (TPSA) is 110 Å². The maximum atomic E-state index is 12.2. The molecule has 3 amide bonds. The van der Waals surface area contributed by atoms with E-state index in [4.69, 9.17) is 10.5 Å². The molecule has 0 atom stereocenters. The predicted octanol–water partition coefficient (Wildman–Crippen LogP) is 1.98. The Hall–Kier alpha value is -3.29. The second-order valence-electron chi connectivity index (χ2n) is 6.75. The second kappa shape index (κ2) is 9.59. The van der Waals surface area contributed by atoms with Gasteiger partial charge >= 0.3 is 6.03 Å². The van der Waals surface area contributed by atoms with Gasteiger partial charge in [-0.2, -0.15) is 0 Å². The van der Waals surface area contributed by atoms with E-state index in [0.29, 0.717) is 23.9 Å². The van der Waals surface area contributed by atoms with Crippen LogP contribution in [0.2, 0.25) is 0 Å². The predicted molar refractivity (Wildman–Crippen MR) is 107 cm³/mol. The normalized spacial score (nSPS) is 14.4. The molecule has 1 aliphatic heterocycles. The van der Waals surface area contributed by atoms with E-state index >= 15 is 0 Å². The van der Waals surface area contributed by atoms with Crippen molar-refractivity contribution in [1.29, 1.82) is 0 Å². The third-order valence-corrected chi connectivity index (χ3v) is 4.67. The van der Waals surface area contributed by atoms with Crippen LogP contribution < -0.4 is 26.0 Å². The van der Waals surface area contributed by atoms with Crippen molar-refractivity contribution in [2.75, 3.05) is 36.5 Å². The molecule has 8 nitrogen and oxygen atoms in total. The molecule has 4 N–H and O–H groups in total. The number of nitrogens with one attached hydrogen (secondary N) is 2. The van der Waals surface area contributed by atoms with E-state index in [1.54, 1.807) is 36.7 Å². The summed E-state index contributed by atoms with van der Waals surface area (Å²) in [6.45, 7) is 2.37. The molecule has 3 rings (SSSR count). The fourth-order valence-electron chi connectivity index (χ4n) is 3.18. The van der Waals surface area contributed by atoms with Crippen LogP contribution in [0.25, 0.3) is 0 Å². The van der Waals surface area contributed by atoms with Crippen molar-refractivity contribution >= 4 is 23.3 Å². The highest BCUT2D eigenvalue weighted by molar-refractivity contribution is 5.89. The number of anilines is 2. The first-order chi connectivity index (χ1) is 13.6. The molecule has 1 saturated heterocycles. The summed E-state index contributed by atoms with van der Waals surface area (Å²) in [5.74, 6) is 0.375. The number of carbonyl (C=O) groups excluding carboxylic acids is 2. The lowest BCUT2D eigenvalue weighted by molar-refractivity contribution is -0.119. The molecule has 1 aromatic carbocycles. The molecule has 1 fully saturated rings. The van der Waals surface area contributed by atoms with Gasteiger partial charge in [0.25, 0.3) is 5.91 Å². The zero-order valence-corrected chi connectivity index (χ0v) is 15.6. The Kier molecular flexibility index (Phi) is 6.67. The molecule has 1 aliphatic rings. The fourth-order valence-corrected chi connectivity index (χ4v) is 3.18. The summed E-state index contributed by atoms with van der Waals surface area (Å²) >= 11 is 0. The number of pyridine rings is 1. The Labute approximate surface area is 164 Å². The largest absolute Gasteiger partial charge is 0.484 e. The van der Waals surface area contributed by atoms with Crippen molar-refractivity contribution in [3.8, 4) is 5.75 Å². The Morgan fingerprint density at radius 3 is 2.64 bits per heavy atom. The first kappa shape index (κ1) is 19.5. The van der Waals surface area contributed by atoms with Crippen LogP contribution in [0, 0.1) is 5.92 Å². The number of benzene rings is 1. The minimum Gasteiger partial charge on any atom is -0.484 e. The molecule has 2 aromatic rings. The van der Waals surface area contributed by atoms with Gasteiger partial charge in [0.1, 0.15) is 5.75 Å². The number of aromatic nitrogens is 1. The van der Waals surface area contributed by atoms with Crippen LogP contribution in [0.5, 0.6) is 5.75 Å². The van der Waals surface area contributed by atoms with E-state index < -0.39 is 5.91 Å². The van der Waals surface area contributed by atoms with Gasteiger partial charge in [-0.15, -0.1) is 0 Å². The van der Waals surface area contributed by atoms with Crippen molar-refractivity contribution in [1.82, 2.24) is 10.3 Å². The minimum atomic E-state index is -0.550. The number of nitrogens with zero attached hydrogens (tertiary/aromatic N) is 2. The number of carbonyl (C=O) groups is 2. The highest BCUT2D eigenvalue weighted by atomic mass is 16.5. The average molecular weight is 383 g/mol. The first-order valence-electron chi connectivity index (χ1n) is 9.31. The maximum Gasteiger partial charge on any atom is 0.319 e. The summed E-state index contributed by atoms with van der Waals surface area (Å²) in [6, 6.07) is 10.6. The van der Waals surface area contributed by atoms with Gasteiger partial charge in [0.2, 0.25) is 0 Å². The number of nitrogens with two attached hydrogens (primary N) is 1. The van der Waals surface area contributed by atoms with E-state index in [1.807, 2.05) is 12.1 Å². The lowest BCUT2D eigenvalue weighted by atomic mass is 9.96. The Bertz CT molecular complexity index is 791. The molecule has 0 bridgehead atoms. The van der Waals surface area contributed by atoms with Crippen LogP contribution >= 0.6 is 0 Å². The molecule has 28 heavy (non-hydrogen) atoms. The zero-order chi connectivity index (χ0) is 19.8. The van der Waals surface area contributed by atoms with Gasteiger partial charge in [0.05, 0.1) is 0 Å². The van der Waals surface area contributed by atoms with Crippen molar-refractivity contribution in [3.05, 3.63) is 48.8 Å². The van der Waals surface area contributed by atoms with Crippen molar-refractivity contribution in [3.63, 3.8) is 0 Å². The number of amides is 3. The third kappa shape index (κ3) is 5.87. The molecular weight excluding hydrogens is 358 g/mol. The molecule has 2 heterocycles. The van der Waals surface area contributed by atoms with E-state index in [1.165, 1.54) is 5.69 Å². The Morgan fingerprint density at radius 1 is 1.18 bits per heavy atom. The minimum absolute atomic E-state index is 0.201. The highest BCUT2D eigenvalue weighted by Crippen LogP contribution is 2.22. The molecule has 0 aliphatic carbocycles. The van der Waals surface area contributed by atoms with Gasteiger partial charge in [0, 0.05) is 49.5 Å². The van der Waals surface area contributed by atoms with Crippen LogP contribution in [0.3, 0.4) is 0 Å². The summed E-state index contributed by atoms with van der Waals surface area (Å²) in [4.78, 5) is 29.3. The smallest absolute Gasteiger partial charge is 0.319 e. The first-order valence-corrected chi connectivity index (χ1v) is 9.31. The average Bonchev–Trinajstić information content (AvgIpc) is 2.72. The number of rotatable bonds is 7. The molecule has 0 spiro atoms. The van der Waals surface area contributed by atoms with Crippen LogP contribution in [0.4, 0.5) is 16.2 Å². The van der Waals surface area contributed by atoms with Gasteiger partial charge in [0.15, 0.2) is 6.61 Å². The molecule has 0 saturated carbocycles. The molecule has 8 heteroatoms. The van der Waals surface area contributed by atoms with Crippen LogP contribution in [0.15, 0.2) is 48.8 Å². The van der Waals surface area contributed by atoms with Crippen molar-refractivity contribution in [2.24, 2.45) is 11.7 Å². The zero-order valence-electron chi connectivity index (χ0n) is 15.6. The van der Waals surface area contributed by atoms with Gasteiger partial charge in [-0.3, -0.25) is 9.78 Å². The monoisotopic (exact) mass is 383 g/mol. The quantitative estimate of drug-likeness (QED) is 0.677. The molecular formula is C20H25N5O3.